The average molecular weight is 299 g/mol. The van der Waals surface area contributed by atoms with E-state index >= 15 is 0 Å². The number of nitrogens with one attached hydrogen (secondary N) is 1. The van der Waals surface area contributed by atoms with E-state index in [9.17, 15) is 9.59 Å². The Morgan fingerprint density at radius 3 is 2.76 bits per heavy atom. The molecule has 4 nitrogen and oxygen atoms in total. The Bertz CT molecular complexity index is 433. The monoisotopic (exact) mass is 298 g/mol. The summed E-state index contributed by atoms with van der Waals surface area (Å²) >= 11 is 3.32. The fourth-order valence-corrected chi connectivity index (χ4v) is 1.76. The number of primary amides is 1. The molecular formula is C12H15BrN2O2. The lowest BCUT2D eigenvalue weighted by Crippen LogP contribution is -2.26. The lowest BCUT2D eigenvalue weighted by Gasteiger charge is -2.07. The zero-order valence-electron chi connectivity index (χ0n) is 9.63. The van der Waals surface area contributed by atoms with Crippen molar-refractivity contribution in [1.82, 2.24) is 5.32 Å². The smallest absolute Gasteiger partial charge is 0.251 e. The van der Waals surface area contributed by atoms with Crippen molar-refractivity contribution in [3.8, 4) is 0 Å². The van der Waals surface area contributed by atoms with Crippen molar-refractivity contribution in [3.63, 3.8) is 0 Å². The SMILES string of the molecule is Cc1ccc(Br)cc1C(=O)NCCCC(N)=O. The van der Waals surface area contributed by atoms with E-state index in [1.165, 1.54) is 0 Å². The number of aryl methyl sites for hydroxylation is 1. The third-order valence-electron chi connectivity index (χ3n) is 2.33. The summed E-state index contributed by atoms with van der Waals surface area (Å²) in [4.78, 5) is 22.3. The van der Waals surface area contributed by atoms with Crippen molar-refractivity contribution in [2.45, 2.75) is 19.8 Å². The molecule has 0 spiro atoms. The van der Waals surface area contributed by atoms with E-state index < -0.39 is 0 Å². The Balaban J connectivity index is 2.52. The van der Waals surface area contributed by atoms with Gasteiger partial charge in [-0.15, -0.1) is 0 Å². The highest BCUT2D eigenvalue weighted by Gasteiger charge is 2.08. The molecule has 0 heterocycles. The fourth-order valence-electron chi connectivity index (χ4n) is 1.40. The molecule has 3 N–H and O–H groups in total. The van der Waals surface area contributed by atoms with Gasteiger partial charge in [0, 0.05) is 23.0 Å². The van der Waals surface area contributed by atoms with Crippen LogP contribution in [0.3, 0.4) is 0 Å². The summed E-state index contributed by atoms with van der Waals surface area (Å²) in [6.07, 6.45) is 0.853. The van der Waals surface area contributed by atoms with Crippen LogP contribution in [-0.2, 0) is 4.79 Å². The number of halogens is 1. The van der Waals surface area contributed by atoms with Gasteiger partial charge in [0.2, 0.25) is 5.91 Å². The summed E-state index contributed by atoms with van der Waals surface area (Å²) in [5.74, 6) is -0.480. The minimum atomic E-state index is -0.349. The molecule has 0 fully saturated rings. The second-order valence-electron chi connectivity index (χ2n) is 3.79. The van der Waals surface area contributed by atoms with Gasteiger partial charge in [-0.1, -0.05) is 22.0 Å². The van der Waals surface area contributed by atoms with E-state index in [-0.39, 0.29) is 18.2 Å². The summed E-state index contributed by atoms with van der Waals surface area (Å²) in [7, 11) is 0. The molecule has 1 aromatic carbocycles. The zero-order valence-corrected chi connectivity index (χ0v) is 11.2. The maximum Gasteiger partial charge on any atom is 0.251 e. The predicted molar refractivity (Wildman–Crippen MR) is 69.6 cm³/mol. The first kappa shape index (κ1) is 13.7. The molecule has 0 unspecified atom stereocenters. The van der Waals surface area contributed by atoms with E-state index in [1.807, 2.05) is 19.1 Å². The molecule has 0 bridgehead atoms. The predicted octanol–water partition coefficient (Wildman–Crippen LogP) is 1.75. The lowest BCUT2D eigenvalue weighted by atomic mass is 10.1. The minimum absolute atomic E-state index is 0.131. The van der Waals surface area contributed by atoms with E-state index in [0.717, 1.165) is 10.0 Å². The number of hydrogen-bond donors (Lipinski definition) is 2. The van der Waals surface area contributed by atoms with Gasteiger partial charge in [-0.25, -0.2) is 0 Å². The number of nitrogens with two attached hydrogens (primary N) is 1. The first-order chi connectivity index (χ1) is 8.00. The molecule has 0 saturated carbocycles. The van der Waals surface area contributed by atoms with Gasteiger partial charge in [0.15, 0.2) is 0 Å². The zero-order chi connectivity index (χ0) is 12.8. The Morgan fingerprint density at radius 1 is 1.41 bits per heavy atom. The van der Waals surface area contributed by atoms with Crippen LogP contribution in [0.25, 0.3) is 0 Å². The molecular weight excluding hydrogens is 284 g/mol. The molecule has 2 amide bonds. The number of rotatable bonds is 5. The molecule has 0 aromatic heterocycles. The molecule has 17 heavy (non-hydrogen) atoms. The average Bonchev–Trinajstić information content (AvgIpc) is 2.27. The van der Waals surface area contributed by atoms with Gasteiger partial charge >= 0.3 is 0 Å². The topological polar surface area (TPSA) is 72.2 Å². The molecule has 0 aliphatic heterocycles. The van der Waals surface area contributed by atoms with Crippen LogP contribution in [0, 0.1) is 6.92 Å². The van der Waals surface area contributed by atoms with Crippen LogP contribution >= 0.6 is 15.9 Å². The molecule has 0 aliphatic carbocycles. The van der Waals surface area contributed by atoms with Crippen LogP contribution in [0.1, 0.15) is 28.8 Å². The third kappa shape index (κ3) is 4.56. The molecule has 0 aliphatic rings. The number of carbonyl (C=O) groups is 2. The first-order valence-electron chi connectivity index (χ1n) is 5.33. The number of hydrogen-bond acceptors (Lipinski definition) is 2. The van der Waals surface area contributed by atoms with E-state index in [4.69, 9.17) is 5.73 Å². The molecule has 0 atom stereocenters. The van der Waals surface area contributed by atoms with E-state index in [1.54, 1.807) is 6.07 Å². The fraction of sp³-hybridized carbons (Fsp3) is 0.333. The third-order valence-corrected chi connectivity index (χ3v) is 2.82. The highest BCUT2D eigenvalue weighted by Crippen LogP contribution is 2.15. The van der Waals surface area contributed by atoms with Gasteiger partial charge in [-0.3, -0.25) is 9.59 Å². The second-order valence-corrected chi connectivity index (χ2v) is 4.70. The van der Waals surface area contributed by atoms with Gasteiger partial charge in [0.1, 0.15) is 0 Å². The molecule has 92 valence electrons. The van der Waals surface area contributed by atoms with Crippen molar-refractivity contribution < 1.29 is 9.59 Å². The molecule has 0 saturated heterocycles. The van der Waals surface area contributed by atoms with Crippen molar-refractivity contribution in [2.24, 2.45) is 5.73 Å². The maximum atomic E-state index is 11.8. The summed E-state index contributed by atoms with van der Waals surface area (Å²) in [6, 6.07) is 5.54. The van der Waals surface area contributed by atoms with E-state index in [2.05, 4.69) is 21.2 Å². The van der Waals surface area contributed by atoms with Crippen molar-refractivity contribution in [3.05, 3.63) is 33.8 Å². The Labute approximate surface area is 109 Å². The summed E-state index contributed by atoms with van der Waals surface area (Å²) < 4.78 is 0.866. The van der Waals surface area contributed by atoms with Crippen LogP contribution in [0.2, 0.25) is 0 Å². The van der Waals surface area contributed by atoms with Gasteiger partial charge in [-0.05, 0) is 31.0 Å². The highest BCUT2D eigenvalue weighted by molar-refractivity contribution is 9.10. The Morgan fingerprint density at radius 2 is 2.12 bits per heavy atom. The van der Waals surface area contributed by atoms with Crippen molar-refractivity contribution >= 4 is 27.7 Å². The summed E-state index contributed by atoms with van der Waals surface area (Å²) in [5, 5.41) is 2.75. The maximum absolute atomic E-state index is 11.8. The van der Waals surface area contributed by atoms with Crippen molar-refractivity contribution in [2.75, 3.05) is 6.54 Å². The van der Waals surface area contributed by atoms with E-state index in [0.29, 0.717) is 18.5 Å². The molecule has 5 heteroatoms. The summed E-state index contributed by atoms with van der Waals surface area (Å²) in [5.41, 5.74) is 6.56. The first-order valence-corrected chi connectivity index (χ1v) is 6.12. The minimum Gasteiger partial charge on any atom is -0.370 e. The largest absolute Gasteiger partial charge is 0.370 e. The molecule has 1 rings (SSSR count). The normalized spacial score (nSPS) is 10.0. The van der Waals surface area contributed by atoms with Crippen LogP contribution in [0.4, 0.5) is 0 Å². The van der Waals surface area contributed by atoms with Crippen LogP contribution in [0.5, 0.6) is 0 Å². The lowest BCUT2D eigenvalue weighted by molar-refractivity contribution is -0.118. The highest BCUT2D eigenvalue weighted by atomic mass is 79.9. The van der Waals surface area contributed by atoms with Crippen LogP contribution < -0.4 is 11.1 Å². The quantitative estimate of drug-likeness (QED) is 0.813. The van der Waals surface area contributed by atoms with Crippen LogP contribution in [-0.4, -0.2) is 18.4 Å². The standard InChI is InChI=1S/C12H15BrN2O2/c1-8-4-5-9(13)7-10(8)12(17)15-6-2-3-11(14)16/h4-5,7H,2-3,6H2,1H3,(H2,14,16)(H,15,17). The van der Waals surface area contributed by atoms with Crippen LogP contribution in [0.15, 0.2) is 22.7 Å². The second kappa shape index (κ2) is 6.39. The van der Waals surface area contributed by atoms with Crippen molar-refractivity contribution in [1.29, 1.82) is 0 Å². The van der Waals surface area contributed by atoms with Gasteiger partial charge in [-0.2, -0.15) is 0 Å². The van der Waals surface area contributed by atoms with Gasteiger partial charge in [0.25, 0.3) is 5.91 Å². The molecule has 1 aromatic rings. The summed E-state index contributed by atoms with van der Waals surface area (Å²) in [6.45, 7) is 2.33. The Hall–Kier alpha value is -1.36. The number of benzene rings is 1. The van der Waals surface area contributed by atoms with Gasteiger partial charge < -0.3 is 11.1 Å². The van der Waals surface area contributed by atoms with Gasteiger partial charge in [0.05, 0.1) is 0 Å². The molecule has 0 radical (unpaired) electrons. The Kier molecular flexibility index (Phi) is 5.15. The number of amides is 2. The number of carbonyl (C=O) groups excluding carboxylic acids is 2.